The first-order chi connectivity index (χ1) is 14.0. The summed E-state index contributed by atoms with van der Waals surface area (Å²) in [6.45, 7) is 0.410. The second kappa shape index (κ2) is 7.98. The number of fused-ring (bicyclic) bond motifs is 1. The van der Waals surface area contributed by atoms with Crippen LogP contribution in [0.15, 0.2) is 76.2 Å². The van der Waals surface area contributed by atoms with E-state index in [0.717, 1.165) is 23.0 Å². The van der Waals surface area contributed by atoms with Gasteiger partial charge in [-0.05, 0) is 48.5 Å². The summed E-state index contributed by atoms with van der Waals surface area (Å²) in [5, 5.41) is 3.95. The summed E-state index contributed by atoms with van der Waals surface area (Å²) in [6.07, 6.45) is 1.55. The summed E-state index contributed by atoms with van der Waals surface area (Å²) >= 11 is 0. The molecular weight excluding hydrogens is 395 g/mol. The minimum Gasteiger partial charge on any atom is -0.461 e. The molecule has 0 unspecified atom stereocenters. The summed E-state index contributed by atoms with van der Waals surface area (Å²) in [4.78, 5) is 9.02. The number of hydrogen-bond acceptors (Lipinski definition) is 6. The number of anilines is 1. The first-order valence-electron chi connectivity index (χ1n) is 8.83. The Labute approximate surface area is 166 Å². The average Bonchev–Trinajstić information content (AvgIpc) is 3.26. The van der Waals surface area contributed by atoms with Crippen molar-refractivity contribution >= 4 is 26.7 Å². The molecule has 29 heavy (non-hydrogen) atoms. The second-order valence-corrected chi connectivity index (χ2v) is 7.94. The maximum Gasteiger partial charge on any atom is 0.240 e. The lowest BCUT2D eigenvalue weighted by Gasteiger charge is -2.11. The number of sulfonamides is 1. The molecule has 2 N–H and O–H groups in total. The van der Waals surface area contributed by atoms with Crippen LogP contribution >= 0.6 is 0 Å². The van der Waals surface area contributed by atoms with E-state index < -0.39 is 15.8 Å². The summed E-state index contributed by atoms with van der Waals surface area (Å²) in [5.41, 5.74) is 0.739. The molecule has 4 rings (SSSR count). The molecule has 0 atom stereocenters. The van der Waals surface area contributed by atoms with Gasteiger partial charge in [-0.25, -0.2) is 27.5 Å². The van der Waals surface area contributed by atoms with Crippen LogP contribution in [-0.2, 0) is 10.0 Å². The molecule has 0 radical (unpaired) electrons. The molecule has 0 spiro atoms. The molecule has 0 saturated heterocycles. The van der Waals surface area contributed by atoms with Gasteiger partial charge in [0.25, 0.3) is 0 Å². The van der Waals surface area contributed by atoms with Crippen LogP contribution in [-0.4, -0.2) is 31.5 Å². The van der Waals surface area contributed by atoms with Gasteiger partial charge in [0.15, 0.2) is 11.6 Å². The highest BCUT2D eigenvalue weighted by Gasteiger charge is 2.14. The Morgan fingerprint density at radius 1 is 0.931 bits per heavy atom. The molecule has 0 bridgehead atoms. The van der Waals surface area contributed by atoms with Crippen molar-refractivity contribution in [2.45, 2.75) is 4.90 Å². The van der Waals surface area contributed by atoms with Crippen molar-refractivity contribution in [3.05, 3.63) is 72.7 Å². The minimum absolute atomic E-state index is 0.00601. The van der Waals surface area contributed by atoms with Crippen molar-refractivity contribution in [3.8, 4) is 11.6 Å². The van der Waals surface area contributed by atoms with E-state index in [0.29, 0.717) is 23.9 Å². The molecule has 0 aliphatic carbocycles. The fourth-order valence-corrected chi connectivity index (χ4v) is 3.82. The first-order valence-corrected chi connectivity index (χ1v) is 10.3. The van der Waals surface area contributed by atoms with Gasteiger partial charge in [-0.2, -0.15) is 0 Å². The van der Waals surface area contributed by atoms with Crippen molar-refractivity contribution in [1.29, 1.82) is 0 Å². The lowest BCUT2D eigenvalue weighted by molar-refractivity contribution is 0.577. The Balaban J connectivity index is 1.49. The van der Waals surface area contributed by atoms with E-state index >= 15 is 0 Å². The van der Waals surface area contributed by atoms with Crippen molar-refractivity contribution in [2.24, 2.45) is 0 Å². The van der Waals surface area contributed by atoms with Gasteiger partial charge in [-0.15, -0.1) is 0 Å². The topological polar surface area (TPSA) is 97.1 Å². The number of furan rings is 1. The molecule has 0 saturated carbocycles. The third kappa shape index (κ3) is 4.25. The molecule has 0 aliphatic rings. The van der Waals surface area contributed by atoms with E-state index in [4.69, 9.17) is 4.42 Å². The quantitative estimate of drug-likeness (QED) is 0.452. The molecule has 148 valence electrons. The number of nitrogens with zero attached hydrogens (tertiary/aromatic N) is 2. The molecule has 0 fully saturated rings. The van der Waals surface area contributed by atoms with Gasteiger partial charge in [0.05, 0.1) is 16.7 Å². The number of para-hydroxylation sites is 1. The predicted octanol–water partition coefficient (Wildman–Crippen LogP) is 3.42. The van der Waals surface area contributed by atoms with Gasteiger partial charge in [0, 0.05) is 18.5 Å². The van der Waals surface area contributed by atoms with Gasteiger partial charge in [-0.3, -0.25) is 0 Å². The highest BCUT2D eigenvalue weighted by Crippen LogP contribution is 2.24. The first kappa shape index (κ1) is 19.0. The summed E-state index contributed by atoms with van der Waals surface area (Å²) < 4.78 is 45.4. The number of benzene rings is 2. The average molecular weight is 412 g/mol. The fraction of sp³-hybridized carbons (Fsp3) is 0.100. The third-order valence-electron chi connectivity index (χ3n) is 4.18. The van der Waals surface area contributed by atoms with E-state index in [1.54, 1.807) is 18.4 Å². The van der Waals surface area contributed by atoms with Crippen LogP contribution in [0, 0.1) is 5.82 Å². The van der Waals surface area contributed by atoms with Crippen LogP contribution in [0.2, 0.25) is 0 Å². The number of aromatic nitrogens is 2. The van der Waals surface area contributed by atoms with Crippen LogP contribution in [0.5, 0.6) is 0 Å². The molecule has 2 aromatic carbocycles. The second-order valence-electron chi connectivity index (χ2n) is 6.17. The van der Waals surface area contributed by atoms with E-state index in [2.05, 4.69) is 20.0 Å². The van der Waals surface area contributed by atoms with Crippen LogP contribution < -0.4 is 10.0 Å². The van der Waals surface area contributed by atoms with Crippen LogP contribution in [0.25, 0.3) is 22.5 Å². The van der Waals surface area contributed by atoms with Crippen molar-refractivity contribution < 1.29 is 17.2 Å². The third-order valence-corrected chi connectivity index (χ3v) is 5.66. The largest absolute Gasteiger partial charge is 0.461 e. The van der Waals surface area contributed by atoms with E-state index in [1.807, 2.05) is 24.3 Å². The highest BCUT2D eigenvalue weighted by molar-refractivity contribution is 7.89. The van der Waals surface area contributed by atoms with Gasteiger partial charge in [0.1, 0.15) is 11.6 Å². The standard InChI is InChI=1S/C20H17FN4O3S/c21-14-7-9-15(10-8-14)29(26,27)23-12-11-22-19-16-4-1-2-5-17(16)24-20(25-19)18-6-3-13-28-18/h1-10,13,23H,11-12H2,(H,22,24,25). The Hall–Kier alpha value is -3.30. The SMILES string of the molecule is O=S(=O)(NCCNc1nc(-c2ccco2)nc2ccccc12)c1ccc(F)cc1. The van der Waals surface area contributed by atoms with Crippen LogP contribution in [0.3, 0.4) is 0 Å². The zero-order valence-electron chi connectivity index (χ0n) is 15.2. The van der Waals surface area contributed by atoms with E-state index in [-0.39, 0.29) is 11.4 Å². The normalized spacial score (nSPS) is 11.6. The monoisotopic (exact) mass is 412 g/mol. The van der Waals surface area contributed by atoms with E-state index in [9.17, 15) is 12.8 Å². The van der Waals surface area contributed by atoms with Crippen molar-refractivity contribution in [2.75, 3.05) is 18.4 Å². The lowest BCUT2D eigenvalue weighted by Crippen LogP contribution is -2.29. The zero-order valence-corrected chi connectivity index (χ0v) is 16.0. The summed E-state index contributed by atoms with van der Waals surface area (Å²) in [5.74, 6) is 1.05. The Bertz CT molecular complexity index is 1230. The minimum atomic E-state index is -3.72. The van der Waals surface area contributed by atoms with E-state index in [1.165, 1.54) is 12.1 Å². The smallest absolute Gasteiger partial charge is 0.240 e. The number of rotatable bonds is 7. The van der Waals surface area contributed by atoms with Gasteiger partial charge >= 0.3 is 0 Å². The van der Waals surface area contributed by atoms with Crippen molar-refractivity contribution in [1.82, 2.24) is 14.7 Å². The zero-order chi connectivity index (χ0) is 20.3. The lowest BCUT2D eigenvalue weighted by atomic mass is 10.2. The molecule has 7 nitrogen and oxygen atoms in total. The molecule has 0 aliphatic heterocycles. The Morgan fingerprint density at radius 3 is 2.48 bits per heavy atom. The Kier molecular flexibility index (Phi) is 5.24. The summed E-state index contributed by atoms with van der Waals surface area (Å²) in [7, 11) is -3.72. The maximum absolute atomic E-state index is 13.0. The maximum atomic E-state index is 13.0. The number of nitrogens with one attached hydrogen (secondary N) is 2. The molecule has 0 amide bonds. The van der Waals surface area contributed by atoms with Gasteiger partial charge < -0.3 is 9.73 Å². The molecule has 4 aromatic rings. The van der Waals surface area contributed by atoms with Gasteiger partial charge in [0.2, 0.25) is 10.0 Å². The highest BCUT2D eigenvalue weighted by atomic mass is 32.2. The van der Waals surface area contributed by atoms with Gasteiger partial charge in [-0.1, -0.05) is 12.1 Å². The van der Waals surface area contributed by atoms with Crippen molar-refractivity contribution in [3.63, 3.8) is 0 Å². The summed E-state index contributed by atoms with van der Waals surface area (Å²) in [6, 6.07) is 15.7. The number of halogens is 1. The van der Waals surface area contributed by atoms with Crippen LogP contribution in [0.4, 0.5) is 10.2 Å². The fourth-order valence-electron chi connectivity index (χ4n) is 2.79. The molecule has 9 heteroatoms. The molecule has 2 aromatic heterocycles. The molecule has 2 heterocycles. The predicted molar refractivity (Wildman–Crippen MR) is 107 cm³/mol. The Morgan fingerprint density at radius 2 is 1.72 bits per heavy atom. The van der Waals surface area contributed by atoms with Crippen LogP contribution in [0.1, 0.15) is 0 Å². The number of hydrogen-bond donors (Lipinski definition) is 2. The molecular formula is C20H17FN4O3S.